The van der Waals surface area contributed by atoms with Crippen molar-refractivity contribution in [2.45, 2.75) is 32.3 Å². The number of ether oxygens (including phenoxy) is 1. The van der Waals surface area contributed by atoms with Gasteiger partial charge in [-0.3, -0.25) is 0 Å². The van der Waals surface area contributed by atoms with E-state index in [9.17, 15) is 13.2 Å². The van der Waals surface area contributed by atoms with Gasteiger partial charge in [-0.1, -0.05) is 61.5 Å². The molecule has 0 N–H and O–H groups in total. The molecular weight excluding hydrogens is 397 g/mol. The summed E-state index contributed by atoms with van der Waals surface area (Å²) < 4.78 is 48.9. The van der Waals surface area contributed by atoms with E-state index in [-0.39, 0.29) is 23.0 Å². The Labute approximate surface area is 180 Å². The quantitative estimate of drug-likeness (QED) is 0.394. The summed E-state index contributed by atoms with van der Waals surface area (Å²) in [6.45, 7) is 2.65. The van der Waals surface area contributed by atoms with E-state index < -0.39 is 11.6 Å². The van der Waals surface area contributed by atoms with Crippen LogP contribution < -0.4 is 0 Å². The number of epoxide rings is 1. The van der Waals surface area contributed by atoms with Crippen LogP contribution in [0.4, 0.5) is 13.2 Å². The minimum atomic E-state index is -0.883. The SMILES string of the molecule is CC1CC=C(c2ccc(-c3ccc(-c4ccc(C5CO5)c(F)c4F)cc3)c(F)c2)CC1. The van der Waals surface area contributed by atoms with Crippen LogP contribution in [0.5, 0.6) is 0 Å². The minimum Gasteiger partial charge on any atom is -0.368 e. The number of hydrogen-bond donors (Lipinski definition) is 0. The summed E-state index contributed by atoms with van der Waals surface area (Å²) in [5.41, 5.74) is 4.31. The molecule has 4 heteroatoms. The zero-order valence-corrected chi connectivity index (χ0v) is 17.3. The molecule has 1 nitrogen and oxygen atoms in total. The van der Waals surface area contributed by atoms with Crippen LogP contribution in [0.15, 0.2) is 60.7 Å². The molecule has 1 saturated heterocycles. The molecule has 0 saturated carbocycles. The van der Waals surface area contributed by atoms with Gasteiger partial charge in [0.15, 0.2) is 11.6 Å². The van der Waals surface area contributed by atoms with E-state index in [2.05, 4.69) is 13.0 Å². The van der Waals surface area contributed by atoms with Gasteiger partial charge in [0.05, 0.1) is 6.61 Å². The molecule has 1 aliphatic heterocycles. The first-order valence-electron chi connectivity index (χ1n) is 10.7. The third-order valence-electron chi connectivity index (χ3n) is 6.31. The van der Waals surface area contributed by atoms with Gasteiger partial charge in [-0.15, -0.1) is 0 Å². The zero-order chi connectivity index (χ0) is 21.5. The Balaban J connectivity index is 1.41. The van der Waals surface area contributed by atoms with Crippen molar-refractivity contribution in [2.24, 2.45) is 5.92 Å². The fourth-order valence-corrected chi connectivity index (χ4v) is 4.27. The number of benzene rings is 3. The van der Waals surface area contributed by atoms with Gasteiger partial charge in [-0.2, -0.15) is 0 Å². The summed E-state index contributed by atoms with van der Waals surface area (Å²) >= 11 is 0. The van der Waals surface area contributed by atoms with Crippen molar-refractivity contribution < 1.29 is 17.9 Å². The summed E-state index contributed by atoms with van der Waals surface area (Å²) in [5.74, 6) is -1.35. The highest BCUT2D eigenvalue weighted by molar-refractivity contribution is 5.74. The van der Waals surface area contributed by atoms with Gasteiger partial charge >= 0.3 is 0 Å². The van der Waals surface area contributed by atoms with E-state index in [4.69, 9.17) is 4.74 Å². The predicted octanol–water partition coefficient (Wildman–Crippen LogP) is 7.71. The first kappa shape index (κ1) is 20.1. The van der Waals surface area contributed by atoms with E-state index in [1.54, 1.807) is 48.5 Å². The lowest BCUT2D eigenvalue weighted by Gasteiger charge is -2.19. The lowest BCUT2D eigenvalue weighted by atomic mass is 9.87. The molecular formula is C27H23F3O. The molecule has 2 aliphatic rings. The second-order valence-electron chi connectivity index (χ2n) is 8.53. The van der Waals surface area contributed by atoms with Gasteiger partial charge in [-0.05, 0) is 53.5 Å². The van der Waals surface area contributed by atoms with Crippen LogP contribution in [0.1, 0.15) is 43.4 Å². The van der Waals surface area contributed by atoms with Crippen LogP contribution in [0, 0.1) is 23.4 Å². The van der Waals surface area contributed by atoms with Gasteiger partial charge in [0.2, 0.25) is 0 Å². The average Bonchev–Trinajstić information content (AvgIpc) is 3.62. The van der Waals surface area contributed by atoms with Gasteiger partial charge in [-0.25, -0.2) is 13.2 Å². The highest BCUT2D eigenvalue weighted by Crippen LogP contribution is 2.37. The summed E-state index contributed by atoms with van der Waals surface area (Å²) in [6.07, 6.45) is 5.01. The molecule has 0 bridgehead atoms. The lowest BCUT2D eigenvalue weighted by molar-refractivity contribution is 0.401. The summed E-state index contributed by atoms with van der Waals surface area (Å²) in [6, 6.07) is 15.4. The topological polar surface area (TPSA) is 12.5 Å². The molecule has 1 fully saturated rings. The minimum absolute atomic E-state index is 0.183. The number of rotatable bonds is 4. The normalized spacial score (nSPS) is 20.5. The van der Waals surface area contributed by atoms with Crippen molar-refractivity contribution in [3.63, 3.8) is 0 Å². The van der Waals surface area contributed by atoms with Crippen molar-refractivity contribution in [1.82, 2.24) is 0 Å². The van der Waals surface area contributed by atoms with Crippen molar-refractivity contribution in [1.29, 1.82) is 0 Å². The van der Waals surface area contributed by atoms with E-state index in [1.165, 1.54) is 5.57 Å². The van der Waals surface area contributed by atoms with Gasteiger partial charge in [0.1, 0.15) is 11.9 Å². The molecule has 2 atom stereocenters. The zero-order valence-electron chi connectivity index (χ0n) is 17.3. The second-order valence-corrected chi connectivity index (χ2v) is 8.53. The number of allylic oxidation sites excluding steroid dienone is 2. The molecule has 0 aromatic heterocycles. The van der Waals surface area contributed by atoms with Gasteiger partial charge in [0.25, 0.3) is 0 Å². The first-order valence-corrected chi connectivity index (χ1v) is 10.7. The predicted molar refractivity (Wildman–Crippen MR) is 117 cm³/mol. The molecule has 0 spiro atoms. The molecule has 3 aromatic rings. The van der Waals surface area contributed by atoms with Gasteiger partial charge < -0.3 is 4.74 Å². The van der Waals surface area contributed by atoms with Crippen LogP contribution in [-0.4, -0.2) is 6.61 Å². The highest BCUT2D eigenvalue weighted by Gasteiger charge is 2.30. The van der Waals surface area contributed by atoms with Crippen molar-refractivity contribution in [3.05, 3.63) is 89.3 Å². The number of hydrogen-bond acceptors (Lipinski definition) is 1. The first-order chi connectivity index (χ1) is 15.0. The third kappa shape index (κ3) is 3.92. The molecule has 31 heavy (non-hydrogen) atoms. The molecule has 158 valence electrons. The standard InChI is InChI=1S/C27H23F3O/c1-16-2-4-17(5-3-16)20-10-11-21(24(28)14-20)18-6-8-19(9-7-18)22-12-13-23(25-15-31-25)27(30)26(22)29/h4,6-14,16,25H,2-3,5,15H2,1H3. The Morgan fingerprint density at radius 3 is 2.06 bits per heavy atom. The fraction of sp³-hybridized carbons (Fsp3) is 0.259. The van der Waals surface area contributed by atoms with Crippen LogP contribution in [0.25, 0.3) is 27.8 Å². The molecule has 5 rings (SSSR count). The molecule has 3 aromatic carbocycles. The monoisotopic (exact) mass is 420 g/mol. The van der Waals surface area contributed by atoms with E-state index in [1.807, 2.05) is 6.07 Å². The average molecular weight is 420 g/mol. The molecule has 0 amide bonds. The van der Waals surface area contributed by atoms with E-state index in [0.717, 1.165) is 24.8 Å². The molecule has 1 aliphatic carbocycles. The van der Waals surface area contributed by atoms with Crippen LogP contribution in [0.2, 0.25) is 0 Å². The lowest BCUT2D eigenvalue weighted by Crippen LogP contribution is -2.01. The highest BCUT2D eigenvalue weighted by atomic mass is 19.2. The molecule has 0 radical (unpaired) electrons. The Bertz CT molecular complexity index is 1160. The summed E-state index contributed by atoms with van der Waals surface area (Å²) in [7, 11) is 0. The van der Waals surface area contributed by atoms with Crippen LogP contribution >= 0.6 is 0 Å². The van der Waals surface area contributed by atoms with E-state index >= 15 is 0 Å². The molecule has 1 heterocycles. The van der Waals surface area contributed by atoms with E-state index in [0.29, 0.717) is 29.2 Å². The maximum Gasteiger partial charge on any atom is 0.167 e. The molecule has 2 unspecified atom stereocenters. The summed E-state index contributed by atoms with van der Waals surface area (Å²) in [4.78, 5) is 0. The maximum atomic E-state index is 14.9. The number of halogens is 3. The van der Waals surface area contributed by atoms with Crippen LogP contribution in [0.3, 0.4) is 0 Å². The Kier molecular flexibility index (Phi) is 5.19. The van der Waals surface area contributed by atoms with Crippen molar-refractivity contribution >= 4 is 5.57 Å². The maximum absolute atomic E-state index is 14.9. The largest absolute Gasteiger partial charge is 0.368 e. The van der Waals surface area contributed by atoms with Crippen molar-refractivity contribution in [2.75, 3.05) is 6.61 Å². The Morgan fingerprint density at radius 1 is 0.806 bits per heavy atom. The fourth-order valence-electron chi connectivity index (χ4n) is 4.27. The van der Waals surface area contributed by atoms with Gasteiger partial charge in [0, 0.05) is 16.7 Å². The summed E-state index contributed by atoms with van der Waals surface area (Å²) in [5, 5.41) is 0. The Hall–Kier alpha value is -2.85. The van der Waals surface area contributed by atoms with Crippen molar-refractivity contribution in [3.8, 4) is 22.3 Å². The smallest absolute Gasteiger partial charge is 0.167 e. The van der Waals surface area contributed by atoms with Crippen LogP contribution in [-0.2, 0) is 4.74 Å². The third-order valence-corrected chi connectivity index (χ3v) is 6.31. The second kappa shape index (κ2) is 8.01. The Morgan fingerprint density at radius 2 is 1.45 bits per heavy atom.